The molecule has 24 heavy (non-hydrogen) atoms. The lowest BCUT2D eigenvalue weighted by molar-refractivity contribution is -0.188. The number of halogens is 3. The molecule has 0 radical (unpaired) electrons. The summed E-state index contributed by atoms with van der Waals surface area (Å²) in [5.74, 6) is -5.66. The molecule has 1 fully saturated rings. The monoisotopic (exact) mass is 347 g/mol. The molecule has 0 saturated carbocycles. The Bertz CT molecular complexity index is 642. The molecule has 1 aromatic rings. The molecular weight excluding hydrogens is 327 g/mol. The van der Waals surface area contributed by atoms with E-state index in [9.17, 15) is 22.8 Å². The molecule has 0 spiro atoms. The number of rotatable bonds is 4. The smallest absolute Gasteiger partial charge is 0.394 e. The summed E-state index contributed by atoms with van der Waals surface area (Å²) in [5, 5.41) is 13.3. The largest absolute Gasteiger partial charge is 0.481 e. The summed E-state index contributed by atoms with van der Waals surface area (Å²) in [6.07, 6.45) is -4.67. The molecule has 0 aliphatic carbocycles. The zero-order valence-corrected chi connectivity index (χ0v) is 13.7. The molecule has 1 aromatic heterocycles. The van der Waals surface area contributed by atoms with Crippen molar-refractivity contribution in [2.45, 2.75) is 39.4 Å². The summed E-state index contributed by atoms with van der Waals surface area (Å²) in [6.45, 7) is 4.37. The number of aryl methyl sites for hydroxylation is 2. The molecule has 1 unspecified atom stereocenters. The number of nitrogens with zero attached hydrogens (tertiary/aromatic N) is 3. The van der Waals surface area contributed by atoms with Gasteiger partial charge in [0, 0.05) is 25.2 Å². The van der Waals surface area contributed by atoms with Crippen LogP contribution in [0.15, 0.2) is 6.07 Å². The van der Waals surface area contributed by atoms with Gasteiger partial charge in [-0.3, -0.25) is 14.3 Å². The maximum atomic E-state index is 13.0. The van der Waals surface area contributed by atoms with Crippen LogP contribution in [-0.2, 0) is 9.59 Å². The highest BCUT2D eigenvalue weighted by molar-refractivity contribution is 5.79. The van der Waals surface area contributed by atoms with E-state index >= 15 is 0 Å². The van der Waals surface area contributed by atoms with Crippen LogP contribution in [0.4, 0.5) is 13.2 Å². The third-order valence-corrected chi connectivity index (χ3v) is 4.34. The number of carbonyl (C=O) groups excluding carboxylic acids is 1. The van der Waals surface area contributed by atoms with E-state index in [-0.39, 0.29) is 12.5 Å². The molecular formula is C15H20F3N3O3. The SMILES string of the molecule is Cc1cc(C)n(C(C)CC(=O)N2C[C@@H](C(F)(F)F)[C@H](C(=O)O)C2)n1. The predicted octanol–water partition coefficient (Wildman–Crippen LogP) is 2.17. The van der Waals surface area contributed by atoms with Crippen molar-refractivity contribution in [3.8, 4) is 0 Å². The Balaban J connectivity index is 2.08. The molecule has 134 valence electrons. The zero-order valence-electron chi connectivity index (χ0n) is 13.7. The highest BCUT2D eigenvalue weighted by Crippen LogP contribution is 2.38. The van der Waals surface area contributed by atoms with Gasteiger partial charge in [0.05, 0.1) is 23.6 Å². The van der Waals surface area contributed by atoms with Crippen molar-refractivity contribution in [3.63, 3.8) is 0 Å². The van der Waals surface area contributed by atoms with E-state index in [0.29, 0.717) is 0 Å². The summed E-state index contributed by atoms with van der Waals surface area (Å²) in [4.78, 5) is 24.4. The minimum atomic E-state index is -4.64. The first kappa shape index (κ1) is 18.3. The Kier molecular flexibility index (Phi) is 4.91. The molecule has 0 bridgehead atoms. The summed E-state index contributed by atoms with van der Waals surface area (Å²) in [6, 6.07) is 1.52. The van der Waals surface area contributed by atoms with Gasteiger partial charge in [-0.2, -0.15) is 18.3 Å². The first-order valence-corrected chi connectivity index (χ1v) is 7.60. The van der Waals surface area contributed by atoms with E-state index in [4.69, 9.17) is 5.11 Å². The Labute approximate surface area is 137 Å². The number of hydrogen-bond donors (Lipinski definition) is 1. The van der Waals surface area contributed by atoms with Gasteiger partial charge in [0.25, 0.3) is 0 Å². The van der Waals surface area contributed by atoms with Crippen LogP contribution >= 0.6 is 0 Å². The van der Waals surface area contributed by atoms with E-state index in [1.54, 1.807) is 11.6 Å². The number of hydrogen-bond acceptors (Lipinski definition) is 3. The lowest BCUT2D eigenvalue weighted by Crippen LogP contribution is -2.34. The summed E-state index contributed by atoms with van der Waals surface area (Å²) in [5.41, 5.74) is 1.64. The van der Waals surface area contributed by atoms with E-state index < -0.39 is 43.0 Å². The molecule has 3 atom stereocenters. The van der Waals surface area contributed by atoms with Crippen molar-refractivity contribution in [1.29, 1.82) is 0 Å². The van der Waals surface area contributed by atoms with E-state index in [0.717, 1.165) is 16.3 Å². The first-order valence-electron chi connectivity index (χ1n) is 7.60. The highest BCUT2D eigenvalue weighted by Gasteiger charge is 2.53. The number of alkyl halides is 3. The van der Waals surface area contributed by atoms with Crippen molar-refractivity contribution in [2.75, 3.05) is 13.1 Å². The third-order valence-electron chi connectivity index (χ3n) is 4.34. The minimum Gasteiger partial charge on any atom is -0.481 e. The quantitative estimate of drug-likeness (QED) is 0.906. The van der Waals surface area contributed by atoms with Gasteiger partial charge in [0.15, 0.2) is 0 Å². The Morgan fingerprint density at radius 3 is 2.42 bits per heavy atom. The molecule has 1 N–H and O–H groups in total. The van der Waals surface area contributed by atoms with Crippen molar-refractivity contribution in [2.24, 2.45) is 11.8 Å². The maximum Gasteiger partial charge on any atom is 0.394 e. The van der Waals surface area contributed by atoms with Gasteiger partial charge in [-0.1, -0.05) is 0 Å². The number of carbonyl (C=O) groups is 2. The molecule has 1 aliphatic rings. The third kappa shape index (κ3) is 3.70. The molecule has 1 amide bonds. The van der Waals surface area contributed by atoms with Crippen LogP contribution in [0, 0.1) is 25.7 Å². The standard InChI is InChI=1S/C15H20F3N3O3/c1-8-4-9(2)21(19-8)10(3)5-13(22)20-6-11(14(23)24)12(7-20)15(16,17)18/h4,10-12H,5-7H2,1-3H3,(H,23,24)/t10?,11-,12-/m1/s1. The fraction of sp³-hybridized carbons (Fsp3) is 0.667. The second kappa shape index (κ2) is 6.45. The normalized spacial score (nSPS) is 22.7. The van der Waals surface area contributed by atoms with Gasteiger partial charge in [-0.25, -0.2) is 0 Å². The summed E-state index contributed by atoms with van der Waals surface area (Å²) in [7, 11) is 0. The Hall–Kier alpha value is -2.06. The molecule has 2 heterocycles. The van der Waals surface area contributed by atoms with Gasteiger partial charge >= 0.3 is 12.1 Å². The van der Waals surface area contributed by atoms with Crippen LogP contribution in [0.25, 0.3) is 0 Å². The van der Waals surface area contributed by atoms with E-state index in [1.807, 2.05) is 19.9 Å². The van der Waals surface area contributed by atoms with Crippen molar-refractivity contribution < 1.29 is 27.9 Å². The van der Waals surface area contributed by atoms with Gasteiger partial charge < -0.3 is 10.0 Å². The average Bonchev–Trinajstić information content (AvgIpc) is 3.01. The number of amides is 1. The fourth-order valence-electron chi connectivity index (χ4n) is 3.15. The maximum absolute atomic E-state index is 13.0. The number of aliphatic carboxylic acids is 1. The van der Waals surface area contributed by atoms with E-state index in [1.165, 1.54) is 0 Å². The van der Waals surface area contributed by atoms with Crippen LogP contribution in [0.3, 0.4) is 0 Å². The number of aromatic nitrogens is 2. The minimum absolute atomic E-state index is 0.0289. The summed E-state index contributed by atoms with van der Waals surface area (Å²) >= 11 is 0. The average molecular weight is 347 g/mol. The van der Waals surface area contributed by atoms with Crippen LogP contribution in [0.1, 0.15) is 30.8 Å². The Morgan fingerprint density at radius 1 is 1.38 bits per heavy atom. The van der Waals surface area contributed by atoms with Crippen LogP contribution in [0.5, 0.6) is 0 Å². The number of likely N-dealkylation sites (tertiary alicyclic amines) is 1. The van der Waals surface area contributed by atoms with Crippen LogP contribution < -0.4 is 0 Å². The van der Waals surface area contributed by atoms with Crippen molar-refractivity contribution >= 4 is 11.9 Å². The molecule has 9 heteroatoms. The highest BCUT2D eigenvalue weighted by atomic mass is 19.4. The van der Waals surface area contributed by atoms with Gasteiger partial charge in [0.2, 0.25) is 5.91 Å². The molecule has 2 rings (SSSR count). The van der Waals surface area contributed by atoms with Crippen molar-refractivity contribution in [1.82, 2.24) is 14.7 Å². The van der Waals surface area contributed by atoms with E-state index in [2.05, 4.69) is 5.10 Å². The van der Waals surface area contributed by atoms with Crippen molar-refractivity contribution in [3.05, 3.63) is 17.5 Å². The number of carboxylic acid groups (broad SMARTS) is 1. The molecule has 1 saturated heterocycles. The van der Waals surface area contributed by atoms with Crippen LogP contribution in [-0.4, -0.2) is 50.9 Å². The second-order valence-electron chi connectivity index (χ2n) is 6.32. The second-order valence-corrected chi connectivity index (χ2v) is 6.32. The predicted molar refractivity (Wildman–Crippen MR) is 78.3 cm³/mol. The lowest BCUT2D eigenvalue weighted by atomic mass is 9.96. The van der Waals surface area contributed by atoms with Gasteiger partial charge in [-0.15, -0.1) is 0 Å². The lowest BCUT2D eigenvalue weighted by Gasteiger charge is -2.20. The van der Waals surface area contributed by atoms with Crippen LogP contribution in [0.2, 0.25) is 0 Å². The Morgan fingerprint density at radius 2 is 2.00 bits per heavy atom. The zero-order chi connectivity index (χ0) is 18.2. The van der Waals surface area contributed by atoms with Gasteiger partial charge in [-0.05, 0) is 26.8 Å². The topological polar surface area (TPSA) is 75.4 Å². The number of carboxylic acids is 1. The molecule has 0 aromatic carbocycles. The molecule has 6 nitrogen and oxygen atoms in total. The summed E-state index contributed by atoms with van der Waals surface area (Å²) < 4.78 is 40.6. The fourth-order valence-corrected chi connectivity index (χ4v) is 3.15. The van der Waals surface area contributed by atoms with Gasteiger partial charge in [0.1, 0.15) is 0 Å². The molecule has 1 aliphatic heterocycles. The first-order chi connectivity index (χ1) is 11.0.